The summed E-state index contributed by atoms with van der Waals surface area (Å²) in [6.07, 6.45) is 8.16. The first-order chi connectivity index (χ1) is 27.1. The Labute approximate surface area is 322 Å². The topological polar surface area (TPSA) is 9.86 Å². The molecule has 0 aliphatic carbocycles. The molecule has 7 aromatic carbocycles. The van der Waals surface area contributed by atoms with Crippen molar-refractivity contribution < 1.29 is 0 Å². The van der Waals surface area contributed by atoms with Crippen LogP contribution in [0.2, 0.25) is 0 Å². The molecule has 0 spiro atoms. The molecule has 55 heavy (non-hydrogen) atoms. The van der Waals surface area contributed by atoms with Crippen molar-refractivity contribution in [2.24, 2.45) is 0 Å². The third-order valence-electron chi connectivity index (χ3n) is 10.8. The Bertz CT molecular complexity index is 3000. The van der Waals surface area contributed by atoms with Gasteiger partial charge in [0.2, 0.25) is 0 Å². The lowest BCUT2D eigenvalue weighted by Crippen LogP contribution is -1.98. The molecular formula is C53H40N2. The van der Waals surface area contributed by atoms with Crippen molar-refractivity contribution in [2.45, 2.75) is 6.92 Å². The number of hydrogen-bond acceptors (Lipinski definition) is 0. The molecule has 0 N–H and O–H groups in total. The van der Waals surface area contributed by atoms with Gasteiger partial charge >= 0.3 is 0 Å². The van der Waals surface area contributed by atoms with Crippen LogP contribution in [0.15, 0.2) is 208 Å². The summed E-state index contributed by atoms with van der Waals surface area (Å²) in [6.45, 7) is 14.3. The molecule has 0 atom stereocenters. The highest BCUT2D eigenvalue weighted by Crippen LogP contribution is 2.44. The van der Waals surface area contributed by atoms with Crippen LogP contribution in [0, 0.1) is 0 Å². The SMILES string of the molecule is C=CC(=C)c1ccc(/C(C=C)=C/C(=C\C)n2c3ccccc3c3c4c5ccccc5n(-c5ccccc5-c5ccc(-c6ccccc6)cc5)c4ccc32)cc1. The molecule has 0 bridgehead atoms. The summed E-state index contributed by atoms with van der Waals surface area (Å²) in [4.78, 5) is 0. The van der Waals surface area contributed by atoms with E-state index < -0.39 is 0 Å². The average Bonchev–Trinajstić information content (AvgIpc) is 3.77. The number of para-hydroxylation sites is 3. The van der Waals surface area contributed by atoms with Gasteiger partial charge in [0, 0.05) is 32.8 Å². The van der Waals surface area contributed by atoms with E-state index in [1.807, 2.05) is 6.08 Å². The minimum absolute atomic E-state index is 0.906. The summed E-state index contributed by atoms with van der Waals surface area (Å²) in [5.74, 6) is 0. The predicted octanol–water partition coefficient (Wildman–Crippen LogP) is 14.6. The van der Waals surface area contributed by atoms with E-state index in [9.17, 15) is 0 Å². The Kier molecular flexibility index (Phi) is 8.57. The lowest BCUT2D eigenvalue weighted by molar-refractivity contribution is 1.18. The smallest absolute Gasteiger partial charge is 0.0549 e. The summed E-state index contributed by atoms with van der Waals surface area (Å²) in [7, 11) is 0. The van der Waals surface area contributed by atoms with Gasteiger partial charge < -0.3 is 9.13 Å². The third-order valence-corrected chi connectivity index (χ3v) is 10.8. The van der Waals surface area contributed by atoms with Crippen molar-refractivity contribution in [3.05, 3.63) is 219 Å². The summed E-state index contributed by atoms with van der Waals surface area (Å²) in [6, 6.07) is 58.9. The summed E-state index contributed by atoms with van der Waals surface area (Å²) in [5.41, 5.74) is 15.8. The Morgan fingerprint density at radius 2 is 1.05 bits per heavy atom. The van der Waals surface area contributed by atoms with Gasteiger partial charge in [-0.2, -0.15) is 0 Å². The van der Waals surface area contributed by atoms with Gasteiger partial charge in [-0.3, -0.25) is 0 Å². The molecule has 0 radical (unpaired) electrons. The zero-order valence-electron chi connectivity index (χ0n) is 30.9. The maximum Gasteiger partial charge on any atom is 0.0549 e. The zero-order valence-corrected chi connectivity index (χ0v) is 30.9. The van der Waals surface area contributed by atoms with Crippen LogP contribution in [0.3, 0.4) is 0 Å². The molecule has 262 valence electrons. The van der Waals surface area contributed by atoms with Crippen molar-refractivity contribution in [3.8, 4) is 27.9 Å². The zero-order chi connectivity index (χ0) is 37.5. The summed E-state index contributed by atoms with van der Waals surface area (Å²) >= 11 is 0. The van der Waals surface area contributed by atoms with E-state index in [2.05, 4.69) is 212 Å². The van der Waals surface area contributed by atoms with Crippen molar-refractivity contribution in [1.29, 1.82) is 0 Å². The molecule has 0 unspecified atom stereocenters. The van der Waals surface area contributed by atoms with Crippen LogP contribution >= 0.6 is 0 Å². The van der Waals surface area contributed by atoms with E-state index >= 15 is 0 Å². The van der Waals surface area contributed by atoms with Crippen LogP contribution in [0.25, 0.3) is 88.4 Å². The molecule has 9 aromatic rings. The lowest BCUT2D eigenvalue weighted by Gasteiger charge is -2.15. The van der Waals surface area contributed by atoms with Gasteiger partial charge in [0.1, 0.15) is 0 Å². The van der Waals surface area contributed by atoms with Crippen LogP contribution in [-0.2, 0) is 0 Å². The van der Waals surface area contributed by atoms with Gasteiger partial charge in [-0.05, 0) is 82.3 Å². The second-order valence-corrected chi connectivity index (χ2v) is 13.8. The highest BCUT2D eigenvalue weighted by Gasteiger charge is 2.22. The fourth-order valence-electron chi connectivity index (χ4n) is 8.13. The molecule has 0 saturated carbocycles. The van der Waals surface area contributed by atoms with Crippen LogP contribution in [-0.4, -0.2) is 9.13 Å². The number of hydrogen-bond donors (Lipinski definition) is 0. The molecule has 2 aromatic heterocycles. The van der Waals surface area contributed by atoms with Crippen LogP contribution in [0.4, 0.5) is 0 Å². The first-order valence-electron chi connectivity index (χ1n) is 18.7. The van der Waals surface area contributed by atoms with Crippen molar-refractivity contribution >= 4 is 60.5 Å². The van der Waals surface area contributed by atoms with E-state index in [0.29, 0.717) is 0 Å². The molecule has 0 aliphatic rings. The molecule has 0 aliphatic heterocycles. The molecule has 0 amide bonds. The molecule has 2 heterocycles. The highest BCUT2D eigenvalue weighted by atomic mass is 15.0. The molecule has 2 heteroatoms. The van der Waals surface area contributed by atoms with Crippen LogP contribution in [0.1, 0.15) is 18.1 Å². The van der Waals surface area contributed by atoms with E-state index in [1.165, 1.54) is 54.8 Å². The number of aromatic nitrogens is 2. The maximum absolute atomic E-state index is 4.22. The van der Waals surface area contributed by atoms with Crippen molar-refractivity contribution in [2.75, 3.05) is 0 Å². The number of rotatable bonds is 9. The van der Waals surface area contributed by atoms with Gasteiger partial charge in [0.25, 0.3) is 0 Å². The van der Waals surface area contributed by atoms with Gasteiger partial charge in [0.05, 0.1) is 27.8 Å². The number of benzene rings is 7. The van der Waals surface area contributed by atoms with Gasteiger partial charge in [-0.1, -0.05) is 171 Å². The Morgan fingerprint density at radius 1 is 0.491 bits per heavy atom. The van der Waals surface area contributed by atoms with E-state index in [-0.39, 0.29) is 0 Å². The second-order valence-electron chi connectivity index (χ2n) is 13.8. The quantitative estimate of drug-likeness (QED) is 0.132. The Morgan fingerprint density at radius 3 is 1.76 bits per heavy atom. The maximum atomic E-state index is 4.22. The van der Waals surface area contributed by atoms with E-state index in [1.54, 1.807) is 6.08 Å². The predicted molar refractivity (Wildman–Crippen MR) is 238 cm³/mol. The fourth-order valence-corrected chi connectivity index (χ4v) is 8.13. The summed E-state index contributed by atoms with van der Waals surface area (Å²) in [5, 5.41) is 4.94. The van der Waals surface area contributed by atoms with E-state index in [0.717, 1.165) is 44.7 Å². The van der Waals surface area contributed by atoms with E-state index in [4.69, 9.17) is 0 Å². The van der Waals surface area contributed by atoms with Crippen LogP contribution < -0.4 is 0 Å². The molecule has 0 fully saturated rings. The van der Waals surface area contributed by atoms with Gasteiger partial charge in [-0.15, -0.1) is 0 Å². The molecular weight excluding hydrogens is 665 g/mol. The van der Waals surface area contributed by atoms with Crippen LogP contribution in [0.5, 0.6) is 0 Å². The first-order valence-corrected chi connectivity index (χ1v) is 18.7. The largest absolute Gasteiger partial charge is 0.310 e. The lowest BCUT2D eigenvalue weighted by atomic mass is 9.99. The second kappa shape index (κ2) is 14.0. The number of fused-ring (bicyclic) bond motifs is 7. The molecule has 9 rings (SSSR count). The number of nitrogens with zero attached hydrogens (tertiary/aromatic N) is 2. The number of allylic oxidation sites excluding steroid dienone is 7. The van der Waals surface area contributed by atoms with Crippen molar-refractivity contribution in [1.82, 2.24) is 9.13 Å². The van der Waals surface area contributed by atoms with Gasteiger partial charge in [-0.25, -0.2) is 0 Å². The fraction of sp³-hybridized carbons (Fsp3) is 0.0189. The Balaban J connectivity index is 1.25. The minimum atomic E-state index is 0.906. The highest BCUT2D eigenvalue weighted by molar-refractivity contribution is 6.29. The standard InChI is InChI=1S/C53H40N2/c1-5-36(4)38-25-27-40(28-26-38)37(6-2)35-43(7-3)54-48-23-15-12-20-45(48)52-50(54)33-34-51-53(52)46-21-13-16-24-49(46)55(51)47-22-14-11-19-44(47)42-31-29-41(30-32-42)39-17-9-8-10-18-39/h5-35H,1-2,4H2,3H3/b37-35+,43-7+. The molecule has 2 nitrogen and oxygen atoms in total. The monoisotopic (exact) mass is 704 g/mol. The first kappa shape index (κ1) is 33.7. The Hall–Kier alpha value is -7.16. The van der Waals surface area contributed by atoms with Crippen molar-refractivity contribution in [3.63, 3.8) is 0 Å². The van der Waals surface area contributed by atoms with Gasteiger partial charge in [0.15, 0.2) is 0 Å². The normalized spacial score (nSPS) is 12.2. The average molecular weight is 705 g/mol. The molecule has 0 saturated heterocycles. The third kappa shape index (κ3) is 5.67. The summed E-state index contributed by atoms with van der Waals surface area (Å²) < 4.78 is 4.85. The minimum Gasteiger partial charge on any atom is -0.310 e.